The molecule has 5 aliphatic rings. The van der Waals surface area contributed by atoms with Crippen LogP contribution in [0.25, 0.3) is 11.5 Å². The van der Waals surface area contributed by atoms with Crippen LogP contribution in [0.15, 0.2) is 33.3 Å². The van der Waals surface area contributed by atoms with Gasteiger partial charge >= 0.3 is 0 Å². The van der Waals surface area contributed by atoms with Crippen LogP contribution in [-0.2, 0) is 5.41 Å². The van der Waals surface area contributed by atoms with Crippen molar-refractivity contribution >= 4 is 5.69 Å². The van der Waals surface area contributed by atoms with E-state index in [4.69, 9.17) is 14.0 Å². The van der Waals surface area contributed by atoms with Crippen LogP contribution in [0.4, 0.5) is 5.69 Å². The van der Waals surface area contributed by atoms with Gasteiger partial charge in [-0.3, -0.25) is 0 Å². The van der Waals surface area contributed by atoms with Crippen molar-refractivity contribution in [3.8, 4) is 11.5 Å². The van der Waals surface area contributed by atoms with Crippen molar-refractivity contribution in [2.45, 2.75) is 81.5 Å². The van der Waals surface area contributed by atoms with Crippen LogP contribution < -0.4 is 5.32 Å². The number of nitrogens with one attached hydrogen (secondary N) is 1. The Morgan fingerprint density at radius 1 is 0.844 bits per heavy atom. The molecule has 5 aliphatic carbocycles. The molecule has 0 spiro atoms. The number of anilines is 1. The molecule has 0 amide bonds. The van der Waals surface area contributed by atoms with Crippen molar-refractivity contribution in [1.29, 1.82) is 0 Å². The third kappa shape index (κ3) is 3.24. The number of hydrogen-bond donors (Lipinski definition) is 1. The van der Waals surface area contributed by atoms with E-state index in [1.54, 1.807) is 0 Å². The van der Waals surface area contributed by atoms with E-state index in [1.807, 2.05) is 6.07 Å². The van der Waals surface area contributed by atoms with Crippen LogP contribution in [0.2, 0.25) is 0 Å². The molecule has 2 aromatic heterocycles. The molecule has 5 saturated carbocycles. The van der Waals surface area contributed by atoms with Gasteiger partial charge in [-0.05, 0) is 87.8 Å². The van der Waals surface area contributed by atoms with Crippen LogP contribution in [0, 0.1) is 5.41 Å². The quantitative estimate of drug-likeness (QED) is 0.522. The largest absolute Gasteiger partial charge is 0.384 e. The number of rotatable bonds is 7. The zero-order chi connectivity index (χ0) is 21.2. The van der Waals surface area contributed by atoms with Gasteiger partial charge in [0.1, 0.15) is 0 Å². The number of nitrogens with zero attached hydrogens (tertiary/aromatic N) is 4. The molecule has 32 heavy (non-hydrogen) atoms. The highest BCUT2D eigenvalue weighted by Gasteiger charge is 2.52. The highest BCUT2D eigenvalue weighted by atomic mass is 16.5. The molecule has 5 fully saturated rings. The van der Waals surface area contributed by atoms with Crippen molar-refractivity contribution in [3.63, 3.8) is 0 Å². The summed E-state index contributed by atoms with van der Waals surface area (Å²) in [5.74, 6) is 4.41. The topological polar surface area (TPSA) is 89.9 Å². The van der Waals surface area contributed by atoms with E-state index in [9.17, 15) is 0 Å². The minimum Gasteiger partial charge on any atom is -0.384 e. The molecule has 0 atom stereocenters. The Bertz CT molecular complexity index is 1120. The predicted octanol–water partition coefficient (Wildman–Crippen LogP) is 5.58. The lowest BCUT2D eigenvalue weighted by Crippen LogP contribution is -2.47. The maximum absolute atomic E-state index is 5.77. The minimum atomic E-state index is 0.124. The highest BCUT2D eigenvalue weighted by Crippen LogP contribution is 2.57. The molecule has 0 saturated heterocycles. The normalized spacial score (nSPS) is 29.4. The lowest BCUT2D eigenvalue weighted by atomic mass is 9.53. The first-order valence-corrected chi connectivity index (χ1v) is 12.2. The van der Waals surface area contributed by atoms with Gasteiger partial charge in [0.15, 0.2) is 11.6 Å². The predicted molar refractivity (Wildman–Crippen MR) is 118 cm³/mol. The monoisotopic (exact) mass is 431 g/mol. The highest BCUT2D eigenvalue weighted by molar-refractivity contribution is 5.61. The molecular weight excluding hydrogens is 402 g/mol. The number of fused-ring (bicyclic) bond motifs is 3. The Kier molecular flexibility index (Phi) is 4.06. The third-order valence-electron chi connectivity index (χ3n) is 8.40. The van der Waals surface area contributed by atoms with Crippen LogP contribution in [0.5, 0.6) is 0 Å². The van der Waals surface area contributed by atoms with E-state index in [0.29, 0.717) is 23.1 Å². The second-order valence-corrected chi connectivity index (χ2v) is 10.7. The fourth-order valence-electron chi connectivity index (χ4n) is 5.72. The number of benzene rings is 1. The summed E-state index contributed by atoms with van der Waals surface area (Å²) in [5.41, 5.74) is 2.59. The van der Waals surface area contributed by atoms with Crippen LogP contribution in [0.3, 0.4) is 0 Å². The van der Waals surface area contributed by atoms with E-state index in [1.165, 1.54) is 44.9 Å². The smallest absolute Gasteiger partial charge is 0.258 e. The fraction of sp³-hybridized carbons (Fsp3) is 0.600. The fourth-order valence-corrected chi connectivity index (χ4v) is 5.72. The summed E-state index contributed by atoms with van der Waals surface area (Å²) >= 11 is 0. The molecule has 0 unspecified atom stereocenters. The van der Waals surface area contributed by atoms with Gasteiger partial charge < -0.3 is 14.4 Å². The summed E-state index contributed by atoms with van der Waals surface area (Å²) in [5, 5.41) is 12.2. The average Bonchev–Trinajstić information content (AvgIpc) is 3.78. The van der Waals surface area contributed by atoms with Gasteiger partial charge in [-0.25, -0.2) is 0 Å². The summed E-state index contributed by atoms with van der Waals surface area (Å²) in [6.07, 6.45) is 11.9. The van der Waals surface area contributed by atoms with Gasteiger partial charge in [0.2, 0.25) is 5.89 Å². The third-order valence-corrected chi connectivity index (χ3v) is 8.40. The molecule has 2 heterocycles. The van der Waals surface area contributed by atoms with Crippen LogP contribution >= 0.6 is 0 Å². The van der Waals surface area contributed by atoms with Crippen LogP contribution in [-0.4, -0.2) is 26.8 Å². The van der Waals surface area contributed by atoms with Gasteiger partial charge in [0, 0.05) is 35.0 Å². The SMILES string of the molecule is c1cc(NCC23CCC(c4nc(C5CC5)no4)(CC2)CC3)cc(-c2nc(C3CC3)no2)c1. The molecule has 8 rings (SSSR count). The van der Waals surface area contributed by atoms with E-state index in [-0.39, 0.29) is 5.41 Å². The maximum atomic E-state index is 5.77. The minimum absolute atomic E-state index is 0.124. The summed E-state index contributed by atoms with van der Waals surface area (Å²) in [7, 11) is 0. The van der Waals surface area contributed by atoms with Gasteiger partial charge in [-0.2, -0.15) is 9.97 Å². The average molecular weight is 432 g/mol. The standard InChI is InChI=1S/C25H29N5O2/c1-2-18(22-27-20(29-31-22)16-4-5-16)14-19(3-1)26-15-24-8-11-25(12-9-24,13-10-24)23-28-21(30-32-23)17-6-7-17/h1-3,14,16-17,26H,4-13,15H2. The second-order valence-electron chi connectivity index (χ2n) is 10.7. The van der Waals surface area contributed by atoms with E-state index in [2.05, 4.69) is 38.8 Å². The summed E-state index contributed by atoms with van der Waals surface area (Å²) < 4.78 is 11.3. The molecule has 2 bridgehead atoms. The molecule has 1 aromatic carbocycles. The van der Waals surface area contributed by atoms with Gasteiger partial charge in [0.05, 0.1) is 0 Å². The molecular formula is C25H29N5O2. The van der Waals surface area contributed by atoms with Gasteiger partial charge in [0.25, 0.3) is 5.89 Å². The molecule has 7 heteroatoms. The zero-order valence-electron chi connectivity index (χ0n) is 18.3. The molecule has 166 valence electrons. The van der Waals surface area contributed by atoms with Crippen molar-refractivity contribution in [2.75, 3.05) is 11.9 Å². The molecule has 3 aromatic rings. The molecule has 0 radical (unpaired) electrons. The van der Waals surface area contributed by atoms with Gasteiger partial charge in [-0.15, -0.1) is 0 Å². The first-order chi connectivity index (χ1) is 15.7. The number of hydrogen-bond acceptors (Lipinski definition) is 7. The lowest BCUT2D eigenvalue weighted by molar-refractivity contribution is 0.0322. The van der Waals surface area contributed by atoms with Crippen molar-refractivity contribution in [3.05, 3.63) is 41.8 Å². The van der Waals surface area contributed by atoms with Crippen molar-refractivity contribution < 1.29 is 9.05 Å². The van der Waals surface area contributed by atoms with Crippen molar-refractivity contribution in [2.24, 2.45) is 5.41 Å². The Morgan fingerprint density at radius 2 is 1.53 bits per heavy atom. The Morgan fingerprint density at radius 3 is 2.25 bits per heavy atom. The maximum Gasteiger partial charge on any atom is 0.258 e. The Balaban J connectivity index is 1.02. The van der Waals surface area contributed by atoms with E-state index >= 15 is 0 Å². The summed E-state index contributed by atoms with van der Waals surface area (Å²) in [6, 6.07) is 8.38. The summed E-state index contributed by atoms with van der Waals surface area (Å²) in [6.45, 7) is 1.00. The second kappa shape index (κ2) is 6.90. The zero-order valence-corrected chi connectivity index (χ0v) is 18.3. The molecule has 7 nitrogen and oxygen atoms in total. The first kappa shape index (κ1) is 18.8. The van der Waals surface area contributed by atoms with E-state index in [0.717, 1.165) is 54.6 Å². The molecule has 0 aliphatic heterocycles. The van der Waals surface area contributed by atoms with Crippen molar-refractivity contribution in [1.82, 2.24) is 20.3 Å². The van der Waals surface area contributed by atoms with E-state index < -0.39 is 0 Å². The molecule has 1 N–H and O–H groups in total. The summed E-state index contributed by atoms with van der Waals surface area (Å²) in [4.78, 5) is 9.42. The van der Waals surface area contributed by atoms with Gasteiger partial charge in [-0.1, -0.05) is 16.4 Å². The Labute approximate surface area is 187 Å². The first-order valence-electron chi connectivity index (χ1n) is 12.2. The lowest BCUT2D eigenvalue weighted by Gasteiger charge is -2.52. The van der Waals surface area contributed by atoms with Crippen LogP contribution in [0.1, 0.15) is 93.6 Å². The number of aromatic nitrogens is 4. The Hall–Kier alpha value is -2.70.